The van der Waals surface area contributed by atoms with Crippen LogP contribution in [0.4, 0.5) is 5.88 Å². The number of nitrogens with zero attached hydrogens (tertiary/aromatic N) is 2. The highest BCUT2D eigenvalue weighted by Crippen LogP contribution is 2.22. The Morgan fingerprint density at radius 1 is 1.29 bits per heavy atom. The fourth-order valence-corrected chi connectivity index (χ4v) is 1.66. The molecule has 0 bridgehead atoms. The molecule has 1 aromatic carbocycles. The number of amides is 1. The number of hydrazone groups is 1. The third kappa shape index (κ3) is 3.80. The molecule has 0 radical (unpaired) electrons. The topological polar surface area (TPSA) is 97.7 Å². The van der Waals surface area contributed by atoms with Crippen LogP contribution in [0.5, 0.6) is 0 Å². The minimum atomic E-state index is -0.675. The summed E-state index contributed by atoms with van der Waals surface area (Å²) in [6.45, 7) is 0. The van der Waals surface area contributed by atoms with Crippen LogP contribution in [0.15, 0.2) is 39.9 Å². The molecule has 0 saturated heterocycles. The number of hydrogen-bond donors (Lipinski definition) is 1. The lowest BCUT2D eigenvalue weighted by molar-refractivity contribution is -0.402. The molecule has 2 aromatic rings. The first-order valence-electron chi connectivity index (χ1n) is 5.50. The first-order chi connectivity index (χ1) is 9.97. The number of nitro groups is 1. The van der Waals surface area contributed by atoms with Crippen molar-refractivity contribution >= 4 is 41.2 Å². The van der Waals surface area contributed by atoms with Gasteiger partial charge >= 0.3 is 5.88 Å². The summed E-state index contributed by atoms with van der Waals surface area (Å²) >= 11 is 11.5. The van der Waals surface area contributed by atoms with Gasteiger partial charge in [-0.2, -0.15) is 5.10 Å². The number of nitrogens with one attached hydrogen (secondary N) is 1. The smallest absolute Gasteiger partial charge is 0.400 e. The molecule has 1 aromatic heterocycles. The van der Waals surface area contributed by atoms with Crippen molar-refractivity contribution in [3.63, 3.8) is 0 Å². The molecule has 108 valence electrons. The van der Waals surface area contributed by atoms with Gasteiger partial charge in [-0.15, -0.1) is 0 Å². The van der Waals surface area contributed by atoms with Gasteiger partial charge < -0.3 is 4.42 Å². The van der Waals surface area contributed by atoms with Gasteiger partial charge in [-0.1, -0.05) is 23.2 Å². The average Bonchev–Trinajstić information content (AvgIpc) is 2.91. The lowest BCUT2D eigenvalue weighted by atomic mass is 10.2. The van der Waals surface area contributed by atoms with E-state index < -0.39 is 16.7 Å². The van der Waals surface area contributed by atoms with Crippen molar-refractivity contribution in [3.05, 3.63) is 61.8 Å². The summed E-state index contributed by atoms with van der Waals surface area (Å²) in [7, 11) is 0. The molecule has 2 rings (SSSR count). The maximum absolute atomic E-state index is 11.7. The molecule has 1 heterocycles. The standard InChI is InChI=1S/C12H7Cl2N3O4/c13-9-3-1-7(5-10(9)14)12(18)16-15-6-8-2-4-11(21-8)17(19)20/h1-6H,(H,16,18)/b15-6+. The molecule has 0 saturated carbocycles. The van der Waals surface area contributed by atoms with Gasteiger partial charge in [0.05, 0.1) is 22.3 Å². The molecule has 9 heteroatoms. The largest absolute Gasteiger partial charge is 0.433 e. The van der Waals surface area contributed by atoms with Crippen molar-refractivity contribution in [2.45, 2.75) is 0 Å². The van der Waals surface area contributed by atoms with E-state index in [2.05, 4.69) is 10.5 Å². The van der Waals surface area contributed by atoms with Crippen molar-refractivity contribution in [1.29, 1.82) is 0 Å². The third-order valence-electron chi connectivity index (χ3n) is 2.33. The Labute approximate surface area is 128 Å². The quantitative estimate of drug-likeness (QED) is 0.529. The van der Waals surface area contributed by atoms with E-state index in [1.807, 2.05) is 0 Å². The van der Waals surface area contributed by atoms with Gasteiger partial charge in [-0.05, 0) is 24.3 Å². The van der Waals surface area contributed by atoms with Crippen LogP contribution >= 0.6 is 23.2 Å². The second kappa shape index (κ2) is 6.38. The Bertz CT molecular complexity index is 727. The molecular weight excluding hydrogens is 321 g/mol. The van der Waals surface area contributed by atoms with E-state index in [9.17, 15) is 14.9 Å². The first kappa shape index (κ1) is 15.0. The SMILES string of the molecule is O=C(N/N=C/c1ccc([N+](=O)[O-])o1)c1ccc(Cl)c(Cl)c1. The number of hydrogen-bond acceptors (Lipinski definition) is 5. The number of halogens is 2. The fourth-order valence-electron chi connectivity index (χ4n) is 1.37. The Kier molecular flexibility index (Phi) is 4.56. The molecule has 1 N–H and O–H groups in total. The summed E-state index contributed by atoms with van der Waals surface area (Å²) in [6, 6.07) is 6.90. The highest BCUT2D eigenvalue weighted by Gasteiger charge is 2.10. The zero-order valence-corrected chi connectivity index (χ0v) is 11.8. The summed E-state index contributed by atoms with van der Waals surface area (Å²) in [4.78, 5) is 21.5. The highest BCUT2D eigenvalue weighted by molar-refractivity contribution is 6.42. The van der Waals surface area contributed by atoms with Gasteiger partial charge in [0.25, 0.3) is 5.91 Å². The normalized spacial score (nSPS) is 10.8. The van der Waals surface area contributed by atoms with Crippen molar-refractivity contribution in [2.75, 3.05) is 0 Å². The number of carbonyl (C=O) groups excluding carboxylic acids is 1. The lowest BCUT2D eigenvalue weighted by Crippen LogP contribution is -2.17. The molecule has 0 unspecified atom stereocenters. The molecule has 7 nitrogen and oxygen atoms in total. The minimum absolute atomic E-state index is 0.135. The van der Waals surface area contributed by atoms with Gasteiger partial charge in [-0.25, -0.2) is 5.43 Å². The van der Waals surface area contributed by atoms with Gasteiger partial charge in [0.1, 0.15) is 4.92 Å². The molecule has 0 aliphatic carbocycles. The molecule has 0 aliphatic rings. The van der Waals surface area contributed by atoms with E-state index in [0.29, 0.717) is 5.02 Å². The second-order valence-corrected chi connectivity index (χ2v) is 4.58. The van der Waals surface area contributed by atoms with E-state index in [-0.39, 0.29) is 16.3 Å². The minimum Gasteiger partial charge on any atom is -0.400 e. The Morgan fingerprint density at radius 3 is 2.67 bits per heavy atom. The van der Waals surface area contributed by atoms with Crippen LogP contribution < -0.4 is 5.43 Å². The van der Waals surface area contributed by atoms with Crippen LogP contribution in [0, 0.1) is 10.1 Å². The third-order valence-corrected chi connectivity index (χ3v) is 3.07. The Hall–Kier alpha value is -2.38. The first-order valence-corrected chi connectivity index (χ1v) is 6.25. The van der Waals surface area contributed by atoms with Crippen LogP contribution in [-0.4, -0.2) is 17.0 Å². The summed E-state index contributed by atoms with van der Waals surface area (Å²) < 4.78 is 4.83. The maximum Gasteiger partial charge on any atom is 0.433 e. The number of benzene rings is 1. The predicted molar refractivity (Wildman–Crippen MR) is 76.9 cm³/mol. The fraction of sp³-hybridized carbons (Fsp3) is 0. The van der Waals surface area contributed by atoms with Gasteiger partial charge in [0.15, 0.2) is 5.76 Å². The number of furan rings is 1. The van der Waals surface area contributed by atoms with Crippen LogP contribution in [-0.2, 0) is 0 Å². The Balaban J connectivity index is 2.01. The Morgan fingerprint density at radius 2 is 2.05 bits per heavy atom. The van der Waals surface area contributed by atoms with Gasteiger partial charge in [0, 0.05) is 5.56 Å². The highest BCUT2D eigenvalue weighted by atomic mass is 35.5. The van der Waals surface area contributed by atoms with Crippen molar-refractivity contribution in [2.24, 2.45) is 5.10 Å². The van der Waals surface area contributed by atoms with E-state index >= 15 is 0 Å². The second-order valence-electron chi connectivity index (χ2n) is 3.76. The predicted octanol–water partition coefficient (Wildman–Crippen LogP) is 3.26. The molecule has 1 amide bonds. The molecular formula is C12H7Cl2N3O4. The summed E-state index contributed by atoms with van der Waals surface area (Å²) in [5.74, 6) is -0.783. The number of carbonyl (C=O) groups is 1. The summed E-state index contributed by atoms with van der Waals surface area (Å²) in [6.07, 6.45) is 1.14. The summed E-state index contributed by atoms with van der Waals surface area (Å²) in [5.41, 5.74) is 2.50. The van der Waals surface area contributed by atoms with Gasteiger partial charge in [-0.3, -0.25) is 14.9 Å². The molecule has 0 aliphatic heterocycles. The van der Waals surface area contributed by atoms with E-state index in [1.165, 1.54) is 30.3 Å². The van der Waals surface area contributed by atoms with Crippen molar-refractivity contribution in [3.8, 4) is 0 Å². The van der Waals surface area contributed by atoms with Gasteiger partial charge in [0.2, 0.25) is 0 Å². The zero-order chi connectivity index (χ0) is 15.4. The van der Waals surface area contributed by atoms with Crippen LogP contribution in [0.3, 0.4) is 0 Å². The van der Waals surface area contributed by atoms with E-state index in [4.69, 9.17) is 27.6 Å². The molecule has 0 spiro atoms. The van der Waals surface area contributed by atoms with Crippen LogP contribution in [0.2, 0.25) is 10.0 Å². The summed E-state index contributed by atoms with van der Waals surface area (Å²) in [5, 5.41) is 14.6. The van der Waals surface area contributed by atoms with E-state index in [0.717, 1.165) is 6.21 Å². The molecule has 21 heavy (non-hydrogen) atoms. The van der Waals surface area contributed by atoms with Crippen molar-refractivity contribution in [1.82, 2.24) is 5.43 Å². The van der Waals surface area contributed by atoms with Crippen molar-refractivity contribution < 1.29 is 14.1 Å². The van der Waals surface area contributed by atoms with Crippen LogP contribution in [0.25, 0.3) is 0 Å². The van der Waals surface area contributed by atoms with Crippen LogP contribution in [0.1, 0.15) is 16.1 Å². The lowest BCUT2D eigenvalue weighted by Gasteiger charge is -2.01. The zero-order valence-electron chi connectivity index (χ0n) is 10.2. The molecule has 0 atom stereocenters. The average molecular weight is 328 g/mol. The molecule has 0 fully saturated rings. The number of rotatable bonds is 4. The maximum atomic E-state index is 11.7. The van der Waals surface area contributed by atoms with E-state index in [1.54, 1.807) is 0 Å². The monoisotopic (exact) mass is 327 g/mol.